The van der Waals surface area contributed by atoms with Crippen LogP contribution in [0.3, 0.4) is 0 Å². The molecule has 0 radical (unpaired) electrons. The van der Waals surface area contributed by atoms with Crippen LogP contribution in [0.2, 0.25) is 5.02 Å². The molecular weight excluding hydrogens is 330 g/mol. The van der Waals surface area contributed by atoms with Crippen LogP contribution in [0.25, 0.3) is 10.9 Å². The number of carbonyl (C=O) groups excluding carboxylic acids is 1. The zero-order valence-corrected chi connectivity index (χ0v) is 13.6. The summed E-state index contributed by atoms with van der Waals surface area (Å²) in [5.41, 5.74) is 1.89. The highest BCUT2D eigenvalue weighted by molar-refractivity contribution is 6.42. The van der Waals surface area contributed by atoms with Crippen LogP contribution in [0.4, 0.5) is 0 Å². The monoisotopic (exact) mass is 343 g/mol. The van der Waals surface area contributed by atoms with Gasteiger partial charge >= 0.3 is 5.97 Å². The molecule has 1 N–H and O–H groups in total. The van der Waals surface area contributed by atoms with Gasteiger partial charge in [-0.25, -0.2) is 4.79 Å². The van der Waals surface area contributed by atoms with E-state index in [9.17, 15) is 9.59 Å². The van der Waals surface area contributed by atoms with E-state index in [1.807, 2.05) is 22.8 Å². The Hall–Kier alpha value is -2.79. The second kappa shape index (κ2) is 6.37. The number of carboxylic acids is 1. The molecule has 3 aromatic rings. The zero-order valence-electron chi connectivity index (χ0n) is 12.8. The molecule has 3 rings (SSSR count). The van der Waals surface area contributed by atoms with Crippen LogP contribution < -0.4 is 4.74 Å². The van der Waals surface area contributed by atoms with E-state index in [-0.39, 0.29) is 5.56 Å². The summed E-state index contributed by atoms with van der Waals surface area (Å²) in [5.74, 6) is -1.86. The summed E-state index contributed by atoms with van der Waals surface area (Å²) in [6.07, 6.45) is 1.56. The highest BCUT2D eigenvalue weighted by Crippen LogP contribution is 2.27. The average molecular weight is 344 g/mol. The van der Waals surface area contributed by atoms with Crippen molar-refractivity contribution >= 4 is 34.3 Å². The molecule has 24 heavy (non-hydrogen) atoms. The van der Waals surface area contributed by atoms with Crippen molar-refractivity contribution in [3.63, 3.8) is 0 Å². The summed E-state index contributed by atoms with van der Waals surface area (Å²) < 4.78 is 7.02. The molecule has 0 amide bonds. The quantitative estimate of drug-likeness (QED) is 0.567. The van der Waals surface area contributed by atoms with E-state index in [0.29, 0.717) is 22.7 Å². The predicted molar refractivity (Wildman–Crippen MR) is 91.0 cm³/mol. The van der Waals surface area contributed by atoms with Gasteiger partial charge in [-0.1, -0.05) is 23.7 Å². The van der Waals surface area contributed by atoms with Crippen molar-refractivity contribution in [2.45, 2.75) is 6.54 Å². The number of fused-ring (bicyclic) bond motifs is 1. The molecule has 2 aromatic carbocycles. The minimum atomic E-state index is -1.48. The topological polar surface area (TPSA) is 68.5 Å². The summed E-state index contributed by atoms with van der Waals surface area (Å²) in [6, 6.07) is 12.6. The maximum absolute atomic E-state index is 12.0. The van der Waals surface area contributed by atoms with Gasteiger partial charge < -0.3 is 14.4 Å². The summed E-state index contributed by atoms with van der Waals surface area (Å²) >= 11 is 5.89. The van der Waals surface area contributed by atoms with Gasteiger partial charge in [0.15, 0.2) is 0 Å². The molecule has 0 fully saturated rings. The fraction of sp³-hybridized carbons (Fsp3) is 0.111. The number of ether oxygens (including phenoxy) is 1. The van der Waals surface area contributed by atoms with Crippen molar-refractivity contribution in [1.29, 1.82) is 0 Å². The Morgan fingerprint density at radius 3 is 2.50 bits per heavy atom. The third kappa shape index (κ3) is 2.98. The highest BCUT2D eigenvalue weighted by atomic mass is 35.5. The first-order valence-electron chi connectivity index (χ1n) is 7.18. The molecule has 0 spiro atoms. The number of Topliss-reactive ketones (excluding diaryl/α,β-unsaturated/α-hetero) is 1. The highest BCUT2D eigenvalue weighted by Gasteiger charge is 2.21. The van der Waals surface area contributed by atoms with Crippen molar-refractivity contribution in [1.82, 2.24) is 4.57 Å². The third-order valence-corrected chi connectivity index (χ3v) is 4.05. The zero-order chi connectivity index (χ0) is 17.3. The number of hydrogen-bond acceptors (Lipinski definition) is 3. The largest absolute Gasteiger partial charge is 0.497 e. The van der Waals surface area contributed by atoms with Crippen LogP contribution in [0.1, 0.15) is 15.9 Å². The first kappa shape index (κ1) is 16.1. The molecule has 0 aliphatic carbocycles. The number of ketones is 1. The minimum absolute atomic E-state index is 0.144. The smallest absolute Gasteiger partial charge is 0.377 e. The number of methoxy groups -OCH3 is 1. The Morgan fingerprint density at radius 1 is 1.17 bits per heavy atom. The first-order chi connectivity index (χ1) is 11.5. The number of carbonyl (C=O) groups is 2. The SMILES string of the molecule is COc1ccc2c(c1)c(C(=O)C(=O)O)cn2Cc1ccc(Cl)cc1. The summed E-state index contributed by atoms with van der Waals surface area (Å²) in [6.45, 7) is 0.493. The number of rotatable bonds is 5. The molecule has 0 aliphatic rings. The lowest BCUT2D eigenvalue weighted by Gasteiger charge is -2.06. The Labute approximate surface area is 143 Å². The minimum Gasteiger partial charge on any atom is -0.497 e. The first-order valence-corrected chi connectivity index (χ1v) is 7.56. The van der Waals surface area contributed by atoms with Crippen molar-refractivity contribution < 1.29 is 19.4 Å². The maximum Gasteiger partial charge on any atom is 0.377 e. The number of carboxylic acid groups (broad SMARTS) is 1. The molecule has 0 unspecified atom stereocenters. The molecule has 0 aliphatic heterocycles. The van der Waals surface area contributed by atoms with Gasteiger partial charge in [0.25, 0.3) is 5.78 Å². The number of hydrogen-bond donors (Lipinski definition) is 1. The second-order valence-electron chi connectivity index (χ2n) is 5.31. The molecule has 6 heteroatoms. The number of halogens is 1. The van der Waals surface area contributed by atoms with Gasteiger partial charge in [-0.3, -0.25) is 4.79 Å². The normalized spacial score (nSPS) is 10.8. The lowest BCUT2D eigenvalue weighted by atomic mass is 10.1. The predicted octanol–water partition coefficient (Wildman–Crippen LogP) is 3.62. The molecule has 0 bridgehead atoms. The maximum atomic E-state index is 12.0. The standard InChI is InChI=1S/C18H14ClNO4/c1-24-13-6-7-16-14(8-13)15(17(21)18(22)23)10-20(16)9-11-2-4-12(19)5-3-11/h2-8,10H,9H2,1H3,(H,22,23). The number of aromatic nitrogens is 1. The Kier molecular flexibility index (Phi) is 4.27. The molecule has 0 saturated carbocycles. The average Bonchev–Trinajstić information content (AvgIpc) is 2.93. The molecule has 122 valence electrons. The molecule has 1 aromatic heterocycles. The van der Waals surface area contributed by atoms with Crippen LogP contribution in [-0.4, -0.2) is 28.5 Å². The molecule has 0 saturated heterocycles. The van der Waals surface area contributed by atoms with Gasteiger partial charge in [0.05, 0.1) is 12.7 Å². The van der Waals surface area contributed by atoms with E-state index in [1.54, 1.807) is 30.5 Å². The summed E-state index contributed by atoms with van der Waals surface area (Å²) in [5, 5.41) is 10.2. The van der Waals surface area contributed by atoms with Crippen LogP contribution in [-0.2, 0) is 11.3 Å². The van der Waals surface area contributed by atoms with E-state index in [2.05, 4.69) is 0 Å². The van der Waals surface area contributed by atoms with Crippen LogP contribution >= 0.6 is 11.6 Å². The number of aliphatic carboxylic acids is 1. The Bertz CT molecular complexity index is 928. The van der Waals surface area contributed by atoms with E-state index in [0.717, 1.165) is 11.1 Å². The molecule has 0 atom stereocenters. The Morgan fingerprint density at radius 2 is 1.88 bits per heavy atom. The van der Waals surface area contributed by atoms with E-state index >= 15 is 0 Å². The number of benzene rings is 2. The third-order valence-electron chi connectivity index (χ3n) is 3.79. The van der Waals surface area contributed by atoms with E-state index in [1.165, 1.54) is 7.11 Å². The molecule has 1 heterocycles. The van der Waals surface area contributed by atoms with Crippen molar-refractivity contribution in [2.75, 3.05) is 7.11 Å². The van der Waals surface area contributed by atoms with Gasteiger partial charge in [-0.05, 0) is 35.9 Å². The summed E-state index contributed by atoms with van der Waals surface area (Å²) in [4.78, 5) is 23.1. The number of nitrogens with zero attached hydrogens (tertiary/aromatic N) is 1. The summed E-state index contributed by atoms with van der Waals surface area (Å²) in [7, 11) is 1.52. The van der Waals surface area contributed by atoms with Gasteiger partial charge in [0.2, 0.25) is 0 Å². The Balaban J connectivity index is 2.12. The van der Waals surface area contributed by atoms with Crippen LogP contribution in [0, 0.1) is 0 Å². The van der Waals surface area contributed by atoms with Gasteiger partial charge in [-0.2, -0.15) is 0 Å². The van der Waals surface area contributed by atoms with E-state index < -0.39 is 11.8 Å². The lowest BCUT2D eigenvalue weighted by Crippen LogP contribution is -2.12. The lowest BCUT2D eigenvalue weighted by molar-refractivity contribution is -0.131. The van der Waals surface area contributed by atoms with Crippen molar-refractivity contribution in [3.05, 3.63) is 64.8 Å². The van der Waals surface area contributed by atoms with Gasteiger partial charge in [0, 0.05) is 28.7 Å². The van der Waals surface area contributed by atoms with Gasteiger partial charge in [0.1, 0.15) is 5.75 Å². The van der Waals surface area contributed by atoms with Crippen LogP contribution in [0.5, 0.6) is 5.75 Å². The second-order valence-corrected chi connectivity index (χ2v) is 5.75. The van der Waals surface area contributed by atoms with Crippen molar-refractivity contribution in [3.8, 4) is 5.75 Å². The van der Waals surface area contributed by atoms with Crippen molar-refractivity contribution in [2.24, 2.45) is 0 Å². The van der Waals surface area contributed by atoms with Gasteiger partial charge in [-0.15, -0.1) is 0 Å². The fourth-order valence-electron chi connectivity index (χ4n) is 2.62. The van der Waals surface area contributed by atoms with E-state index in [4.69, 9.17) is 21.4 Å². The van der Waals surface area contributed by atoms with Crippen LogP contribution in [0.15, 0.2) is 48.7 Å². The molecular formula is C18H14ClNO4. The fourth-order valence-corrected chi connectivity index (χ4v) is 2.74. The molecule has 5 nitrogen and oxygen atoms in total.